The molecule has 0 saturated carbocycles. The summed E-state index contributed by atoms with van der Waals surface area (Å²) < 4.78 is 16.8. The van der Waals surface area contributed by atoms with Gasteiger partial charge in [-0.1, -0.05) is 253 Å². The van der Waals surface area contributed by atoms with Crippen LogP contribution in [0.4, 0.5) is 0 Å². The molecule has 0 amide bonds. The highest BCUT2D eigenvalue weighted by molar-refractivity contribution is 5.71. The number of hydrogen-bond acceptors (Lipinski definition) is 6. The largest absolute Gasteiger partial charge is 0.462 e. The van der Waals surface area contributed by atoms with Crippen molar-refractivity contribution in [2.24, 2.45) is 0 Å². The number of carbonyl (C=O) groups is 3. The first-order valence-corrected chi connectivity index (χ1v) is 29.3. The van der Waals surface area contributed by atoms with E-state index >= 15 is 0 Å². The molecule has 0 rings (SSSR count). The van der Waals surface area contributed by atoms with Gasteiger partial charge in [0, 0.05) is 19.3 Å². The zero-order valence-corrected chi connectivity index (χ0v) is 45.8. The van der Waals surface area contributed by atoms with Crippen LogP contribution in [0.1, 0.15) is 271 Å². The van der Waals surface area contributed by atoms with Crippen LogP contribution >= 0.6 is 0 Å². The third-order valence-electron chi connectivity index (χ3n) is 12.4. The fourth-order valence-electron chi connectivity index (χ4n) is 7.98. The lowest BCUT2D eigenvalue weighted by Gasteiger charge is -2.18. The number of unbranched alkanes of at least 4 members (excludes halogenated alkanes) is 30. The Bertz CT molecular complexity index is 1400. The van der Waals surface area contributed by atoms with Crippen molar-refractivity contribution in [1.29, 1.82) is 0 Å². The predicted octanol–water partition coefficient (Wildman–Crippen LogP) is 19.7. The Balaban J connectivity index is 4.50. The molecule has 0 fully saturated rings. The SMILES string of the molecule is CCCCC\C=C/C=C\C=C/C=C\CCCCCCCC(=O)OCC(COC(=O)CCCCCCC/C=C\CCCCCCCCC)OC(=O)CCCCCCC\C=C/C=C\C=C/CCCCCCC. The first kappa shape index (κ1) is 66.3. The Morgan fingerprint density at radius 1 is 0.286 bits per heavy atom. The zero-order chi connectivity index (χ0) is 50.7. The maximum Gasteiger partial charge on any atom is 0.306 e. The molecular formula is C64H108O6. The van der Waals surface area contributed by atoms with E-state index in [1.807, 2.05) is 0 Å². The summed E-state index contributed by atoms with van der Waals surface area (Å²) in [5, 5.41) is 0. The predicted molar refractivity (Wildman–Crippen MR) is 302 cm³/mol. The third kappa shape index (κ3) is 55.3. The Labute approximate surface area is 432 Å². The Morgan fingerprint density at radius 3 is 0.871 bits per heavy atom. The van der Waals surface area contributed by atoms with Gasteiger partial charge in [-0.15, -0.1) is 0 Å². The van der Waals surface area contributed by atoms with Gasteiger partial charge in [0.15, 0.2) is 6.10 Å². The average Bonchev–Trinajstić information content (AvgIpc) is 3.36. The molecule has 6 nitrogen and oxygen atoms in total. The summed E-state index contributed by atoms with van der Waals surface area (Å²) in [5.74, 6) is -0.945. The normalized spacial score (nSPS) is 12.8. The average molecular weight is 974 g/mol. The van der Waals surface area contributed by atoms with E-state index in [2.05, 4.69) is 118 Å². The van der Waals surface area contributed by atoms with Gasteiger partial charge in [0.1, 0.15) is 13.2 Å². The fraction of sp³-hybridized carbons (Fsp3) is 0.703. The van der Waals surface area contributed by atoms with Gasteiger partial charge in [0.05, 0.1) is 0 Å². The van der Waals surface area contributed by atoms with Crippen LogP contribution in [-0.2, 0) is 28.6 Å². The van der Waals surface area contributed by atoms with Crippen LogP contribution in [0.2, 0.25) is 0 Å². The molecule has 0 aliphatic carbocycles. The van der Waals surface area contributed by atoms with Gasteiger partial charge in [-0.25, -0.2) is 0 Å². The molecule has 0 spiro atoms. The highest BCUT2D eigenvalue weighted by atomic mass is 16.6. The van der Waals surface area contributed by atoms with Crippen LogP contribution in [-0.4, -0.2) is 37.2 Å². The molecule has 0 radical (unpaired) electrons. The maximum absolute atomic E-state index is 12.9. The molecule has 0 aromatic heterocycles. The van der Waals surface area contributed by atoms with Crippen molar-refractivity contribution in [3.63, 3.8) is 0 Å². The van der Waals surface area contributed by atoms with Crippen LogP contribution in [0.15, 0.2) is 97.2 Å². The molecule has 0 bridgehead atoms. The van der Waals surface area contributed by atoms with Crippen LogP contribution < -0.4 is 0 Å². The van der Waals surface area contributed by atoms with E-state index in [1.165, 1.54) is 116 Å². The summed E-state index contributed by atoms with van der Waals surface area (Å²) in [5.41, 5.74) is 0. The Morgan fingerprint density at radius 2 is 0.529 bits per heavy atom. The van der Waals surface area contributed by atoms with E-state index < -0.39 is 6.10 Å². The maximum atomic E-state index is 12.9. The van der Waals surface area contributed by atoms with Crippen molar-refractivity contribution < 1.29 is 28.6 Å². The van der Waals surface area contributed by atoms with Crippen molar-refractivity contribution in [2.45, 2.75) is 277 Å². The molecule has 0 saturated heterocycles. The van der Waals surface area contributed by atoms with Gasteiger partial charge in [0.2, 0.25) is 0 Å². The van der Waals surface area contributed by atoms with Crippen LogP contribution in [0.5, 0.6) is 0 Å². The van der Waals surface area contributed by atoms with Crippen LogP contribution in [0.25, 0.3) is 0 Å². The first-order chi connectivity index (χ1) is 34.5. The lowest BCUT2D eigenvalue weighted by Crippen LogP contribution is -2.30. The molecule has 0 N–H and O–H groups in total. The van der Waals surface area contributed by atoms with Gasteiger partial charge in [0.25, 0.3) is 0 Å². The third-order valence-corrected chi connectivity index (χ3v) is 12.4. The summed E-state index contributed by atoms with van der Waals surface area (Å²) >= 11 is 0. The minimum atomic E-state index is -0.804. The second-order valence-electron chi connectivity index (χ2n) is 19.3. The Hall–Kier alpha value is -3.67. The highest BCUT2D eigenvalue weighted by Crippen LogP contribution is 2.14. The number of ether oxygens (including phenoxy) is 3. The molecule has 0 aliphatic rings. The van der Waals surface area contributed by atoms with Gasteiger partial charge in [-0.05, 0) is 96.3 Å². The van der Waals surface area contributed by atoms with Crippen molar-refractivity contribution in [1.82, 2.24) is 0 Å². The Kier molecular flexibility index (Phi) is 54.9. The van der Waals surface area contributed by atoms with Crippen molar-refractivity contribution in [3.8, 4) is 0 Å². The number of hydrogen-bond donors (Lipinski definition) is 0. The van der Waals surface area contributed by atoms with Crippen molar-refractivity contribution in [2.75, 3.05) is 13.2 Å². The summed E-state index contributed by atoms with van der Waals surface area (Å²) in [7, 11) is 0. The second-order valence-corrected chi connectivity index (χ2v) is 19.3. The highest BCUT2D eigenvalue weighted by Gasteiger charge is 2.19. The summed E-state index contributed by atoms with van der Waals surface area (Å²) in [6.45, 7) is 6.55. The lowest BCUT2D eigenvalue weighted by atomic mass is 10.1. The molecule has 70 heavy (non-hydrogen) atoms. The number of rotatable bonds is 52. The lowest BCUT2D eigenvalue weighted by molar-refractivity contribution is -0.167. The quantitative estimate of drug-likeness (QED) is 0.0199. The molecular weight excluding hydrogens is 865 g/mol. The van der Waals surface area contributed by atoms with E-state index in [0.29, 0.717) is 19.3 Å². The molecule has 400 valence electrons. The number of allylic oxidation sites excluding steroid dienone is 16. The van der Waals surface area contributed by atoms with Gasteiger partial charge in [-0.2, -0.15) is 0 Å². The van der Waals surface area contributed by atoms with Crippen molar-refractivity contribution >= 4 is 17.9 Å². The molecule has 0 aromatic rings. The molecule has 1 atom stereocenters. The minimum Gasteiger partial charge on any atom is -0.462 e. The molecule has 6 heteroatoms. The van der Waals surface area contributed by atoms with Crippen LogP contribution in [0.3, 0.4) is 0 Å². The standard InChI is InChI=1S/C64H108O6/c1-4-7-10-13-16-19-22-25-28-31-33-36-39-42-45-48-51-54-57-63(66)69-60-61(59-68-62(65)56-53-50-47-44-41-38-35-30-27-24-21-18-15-12-9-6-3)70-64(67)58-55-52-49-46-43-40-37-34-32-29-26-23-20-17-14-11-8-5-2/h16,19,22-23,25-26,28-37,61H,4-15,17-18,20-21,24,27,38-60H2,1-3H3/b19-16-,25-22-,26-23-,31-28-,32-29-,35-30-,36-33-,37-34-. The summed E-state index contributed by atoms with van der Waals surface area (Å²) in [6.07, 6.45) is 76.7. The summed E-state index contributed by atoms with van der Waals surface area (Å²) in [6, 6.07) is 0. The topological polar surface area (TPSA) is 78.9 Å². The van der Waals surface area contributed by atoms with Gasteiger partial charge in [-0.3, -0.25) is 14.4 Å². The minimum absolute atomic E-state index is 0.0986. The second kappa shape index (κ2) is 57.9. The molecule has 0 aliphatic heterocycles. The van der Waals surface area contributed by atoms with E-state index in [0.717, 1.165) is 116 Å². The van der Waals surface area contributed by atoms with Crippen molar-refractivity contribution in [3.05, 3.63) is 97.2 Å². The monoisotopic (exact) mass is 973 g/mol. The smallest absolute Gasteiger partial charge is 0.306 e. The van der Waals surface area contributed by atoms with E-state index in [1.54, 1.807) is 0 Å². The van der Waals surface area contributed by atoms with E-state index in [9.17, 15) is 14.4 Å². The van der Waals surface area contributed by atoms with Gasteiger partial charge >= 0.3 is 17.9 Å². The van der Waals surface area contributed by atoms with E-state index in [4.69, 9.17) is 14.2 Å². The molecule has 1 unspecified atom stereocenters. The van der Waals surface area contributed by atoms with E-state index in [-0.39, 0.29) is 31.1 Å². The fourth-order valence-corrected chi connectivity index (χ4v) is 7.98. The number of esters is 3. The first-order valence-electron chi connectivity index (χ1n) is 29.3. The molecule has 0 aromatic carbocycles. The van der Waals surface area contributed by atoms with Gasteiger partial charge < -0.3 is 14.2 Å². The van der Waals surface area contributed by atoms with Crippen LogP contribution in [0, 0.1) is 0 Å². The molecule has 0 heterocycles. The summed E-state index contributed by atoms with van der Waals surface area (Å²) in [4.78, 5) is 38.2. The zero-order valence-electron chi connectivity index (χ0n) is 45.8. The number of carbonyl (C=O) groups excluding carboxylic acids is 3.